The summed E-state index contributed by atoms with van der Waals surface area (Å²) in [5.74, 6) is -1.94. The first-order valence-electron chi connectivity index (χ1n) is 10.1. The third-order valence-corrected chi connectivity index (χ3v) is 5.06. The maximum absolute atomic E-state index is 14.7. The van der Waals surface area contributed by atoms with Gasteiger partial charge in [-0.25, -0.2) is 14.1 Å². The molecule has 2 aliphatic rings. The first kappa shape index (κ1) is 20.8. The van der Waals surface area contributed by atoms with Gasteiger partial charge in [-0.05, 0) is 45.0 Å². The van der Waals surface area contributed by atoms with Crippen LogP contribution in [-0.2, 0) is 4.74 Å². The number of carbonyl (C=O) groups excluding carboxylic acids is 3. The van der Waals surface area contributed by atoms with Crippen LogP contribution in [0.15, 0.2) is 42.5 Å². The van der Waals surface area contributed by atoms with Crippen LogP contribution in [0, 0.1) is 5.82 Å². The molecule has 2 aliphatic heterocycles. The van der Waals surface area contributed by atoms with Gasteiger partial charge in [-0.1, -0.05) is 18.2 Å². The van der Waals surface area contributed by atoms with Crippen LogP contribution >= 0.6 is 0 Å². The van der Waals surface area contributed by atoms with Gasteiger partial charge in [0.05, 0.1) is 23.4 Å². The number of likely N-dealkylation sites (tertiary alicyclic amines) is 1. The molecule has 0 aromatic heterocycles. The number of amides is 3. The molecule has 2 heterocycles. The van der Waals surface area contributed by atoms with Gasteiger partial charge in [-0.15, -0.1) is 0 Å². The average molecular weight is 426 g/mol. The number of imide groups is 1. The van der Waals surface area contributed by atoms with E-state index in [4.69, 9.17) is 9.47 Å². The summed E-state index contributed by atoms with van der Waals surface area (Å²) in [6.45, 7) is 5.95. The van der Waals surface area contributed by atoms with Gasteiger partial charge >= 0.3 is 6.09 Å². The van der Waals surface area contributed by atoms with Crippen LogP contribution in [-0.4, -0.2) is 47.6 Å². The Hall–Kier alpha value is -3.42. The minimum absolute atomic E-state index is 0.0434. The van der Waals surface area contributed by atoms with E-state index in [0.717, 1.165) is 4.90 Å². The highest BCUT2D eigenvalue weighted by Gasteiger charge is 2.39. The SMILES string of the molecule is CC(C)(C)OC(=O)N1CCC(Oc2c(F)cccc2N2C(=O)c3ccccc3C2=O)C1. The monoisotopic (exact) mass is 426 g/mol. The van der Waals surface area contributed by atoms with Gasteiger partial charge in [0.1, 0.15) is 11.7 Å². The number of anilines is 1. The second-order valence-electron chi connectivity index (χ2n) is 8.53. The Morgan fingerprint density at radius 2 is 1.68 bits per heavy atom. The molecule has 1 saturated heterocycles. The number of rotatable bonds is 3. The molecule has 1 atom stereocenters. The maximum atomic E-state index is 14.7. The lowest BCUT2D eigenvalue weighted by molar-refractivity contribution is 0.0275. The van der Waals surface area contributed by atoms with E-state index in [0.29, 0.717) is 13.0 Å². The molecule has 0 bridgehead atoms. The minimum Gasteiger partial charge on any atom is -0.483 e. The van der Waals surface area contributed by atoms with Crippen LogP contribution < -0.4 is 9.64 Å². The average Bonchev–Trinajstić information content (AvgIpc) is 3.27. The van der Waals surface area contributed by atoms with Crippen LogP contribution in [0.3, 0.4) is 0 Å². The maximum Gasteiger partial charge on any atom is 0.410 e. The zero-order valence-electron chi connectivity index (χ0n) is 17.6. The van der Waals surface area contributed by atoms with Gasteiger partial charge in [0, 0.05) is 13.0 Å². The van der Waals surface area contributed by atoms with Crippen molar-refractivity contribution in [2.24, 2.45) is 0 Å². The standard InChI is InChI=1S/C23H23FN2O5/c1-23(2,3)31-22(29)25-12-11-14(13-25)30-19-17(24)9-6-10-18(19)26-20(27)15-7-4-5-8-16(15)21(26)28/h4-10,14H,11-13H2,1-3H3. The van der Waals surface area contributed by atoms with Gasteiger partial charge in [-0.2, -0.15) is 0 Å². The summed E-state index contributed by atoms with van der Waals surface area (Å²) in [4.78, 5) is 40.4. The topological polar surface area (TPSA) is 76.2 Å². The quantitative estimate of drug-likeness (QED) is 0.693. The fraction of sp³-hybridized carbons (Fsp3) is 0.348. The largest absolute Gasteiger partial charge is 0.483 e. The van der Waals surface area contributed by atoms with Crippen LogP contribution in [0.25, 0.3) is 0 Å². The molecule has 4 rings (SSSR count). The summed E-state index contributed by atoms with van der Waals surface area (Å²) in [7, 11) is 0. The molecule has 8 heteroatoms. The lowest BCUT2D eigenvalue weighted by Crippen LogP contribution is -2.36. The van der Waals surface area contributed by atoms with Gasteiger partial charge < -0.3 is 14.4 Å². The molecule has 3 amide bonds. The minimum atomic E-state index is -0.690. The third-order valence-electron chi connectivity index (χ3n) is 5.06. The van der Waals surface area contributed by atoms with E-state index in [9.17, 15) is 18.8 Å². The van der Waals surface area contributed by atoms with Crippen molar-refractivity contribution in [1.29, 1.82) is 0 Å². The number of halogens is 1. The van der Waals surface area contributed by atoms with E-state index in [1.807, 2.05) is 0 Å². The Bertz CT molecular complexity index is 1030. The second kappa shape index (κ2) is 7.68. The van der Waals surface area contributed by atoms with E-state index in [1.54, 1.807) is 45.0 Å². The van der Waals surface area contributed by atoms with Crippen molar-refractivity contribution in [2.45, 2.75) is 38.9 Å². The Balaban J connectivity index is 1.56. The Labute approximate surface area is 179 Å². The molecule has 0 N–H and O–H groups in total. The summed E-state index contributed by atoms with van der Waals surface area (Å²) in [6, 6.07) is 10.6. The normalized spacial score (nSPS) is 18.4. The summed E-state index contributed by atoms with van der Waals surface area (Å²) >= 11 is 0. The first-order chi connectivity index (χ1) is 14.7. The van der Waals surface area contributed by atoms with Gasteiger partial charge in [-0.3, -0.25) is 9.59 Å². The fourth-order valence-corrected chi connectivity index (χ4v) is 3.68. The van der Waals surface area contributed by atoms with Crippen molar-refractivity contribution < 1.29 is 28.2 Å². The van der Waals surface area contributed by atoms with Crippen LogP contribution in [0.4, 0.5) is 14.9 Å². The number of nitrogens with zero attached hydrogens (tertiary/aromatic N) is 2. The predicted octanol–water partition coefficient (Wildman–Crippen LogP) is 4.01. The lowest BCUT2D eigenvalue weighted by Gasteiger charge is -2.25. The molecular formula is C23H23FN2O5. The van der Waals surface area contributed by atoms with E-state index in [-0.39, 0.29) is 29.1 Å². The van der Waals surface area contributed by atoms with Gasteiger partial charge in [0.25, 0.3) is 11.8 Å². The van der Waals surface area contributed by atoms with Crippen molar-refractivity contribution in [1.82, 2.24) is 4.90 Å². The summed E-state index contributed by atoms with van der Waals surface area (Å²) in [6.07, 6.45) is -0.499. The fourth-order valence-electron chi connectivity index (χ4n) is 3.68. The van der Waals surface area contributed by atoms with Crippen LogP contribution in [0.1, 0.15) is 47.9 Å². The summed E-state index contributed by atoms with van der Waals surface area (Å²) < 4.78 is 26.0. The van der Waals surface area contributed by atoms with Crippen LogP contribution in [0.5, 0.6) is 5.75 Å². The number of fused-ring (bicyclic) bond motifs is 1. The second-order valence-corrected chi connectivity index (χ2v) is 8.53. The number of hydrogen-bond acceptors (Lipinski definition) is 5. The molecule has 2 aromatic rings. The van der Waals surface area contributed by atoms with E-state index in [2.05, 4.69) is 0 Å². The van der Waals surface area contributed by atoms with E-state index in [1.165, 1.54) is 23.1 Å². The molecule has 31 heavy (non-hydrogen) atoms. The number of carbonyl (C=O) groups is 3. The first-order valence-corrected chi connectivity index (χ1v) is 10.1. The molecule has 7 nitrogen and oxygen atoms in total. The molecule has 2 aromatic carbocycles. The molecule has 0 radical (unpaired) electrons. The molecule has 1 unspecified atom stereocenters. The van der Waals surface area contributed by atoms with Crippen molar-refractivity contribution in [3.63, 3.8) is 0 Å². The highest BCUT2D eigenvalue weighted by molar-refractivity contribution is 6.34. The molecule has 0 spiro atoms. The molecule has 0 saturated carbocycles. The zero-order chi connectivity index (χ0) is 22.3. The predicted molar refractivity (Wildman–Crippen MR) is 111 cm³/mol. The van der Waals surface area contributed by atoms with Gasteiger partial charge in [0.15, 0.2) is 11.6 Å². The number of ether oxygens (including phenoxy) is 2. The molecule has 162 valence electrons. The summed E-state index contributed by atoms with van der Waals surface area (Å²) in [5.41, 5.74) is -0.0542. The number of para-hydroxylation sites is 1. The van der Waals surface area contributed by atoms with Crippen LogP contribution in [0.2, 0.25) is 0 Å². The number of hydrogen-bond donors (Lipinski definition) is 0. The third kappa shape index (κ3) is 3.97. The Morgan fingerprint density at radius 1 is 1.03 bits per heavy atom. The summed E-state index contributed by atoms with van der Waals surface area (Å²) in [5, 5.41) is 0. The van der Waals surface area contributed by atoms with Crippen molar-refractivity contribution >= 4 is 23.6 Å². The highest BCUT2D eigenvalue weighted by Crippen LogP contribution is 2.37. The zero-order valence-corrected chi connectivity index (χ0v) is 17.6. The Morgan fingerprint density at radius 3 is 2.29 bits per heavy atom. The molecule has 0 aliphatic carbocycles. The number of benzene rings is 2. The van der Waals surface area contributed by atoms with E-state index >= 15 is 0 Å². The van der Waals surface area contributed by atoms with Crippen molar-refractivity contribution in [2.75, 3.05) is 18.0 Å². The smallest absolute Gasteiger partial charge is 0.410 e. The van der Waals surface area contributed by atoms with Gasteiger partial charge in [0.2, 0.25) is 0 Å². The van der Waals surface area contributed by atoms with Crippen molar-refractivity contribution in [3.8, 4) is 5.75 Å². The highest BCUT2D eigenvalue weighted by atomic mass is 19.1. The molecular weight excluding hydrogens is 403 g/mol. The molecule has 1 fully saturated rings. The Kier molecular flexibility index (Phi) is 5.16. The van der Waals surface area contributed by atoms with Crippen molar-refractivity contribution in [3.05, 3.63) is 59.4 Å². The lowest BCUT2D eigenvalue weighted by atomic mass is 10.1. The van der Waals surface area contributed by atoms with E-state index < -0.39 is 35.4 Å².